The van der Waals surface area contributed by atoms with Crippen LogP contribution in [0, 0.1) is 5.92 Å². The second kappa shape index (κ2) is 2.98. The van der Waals surface area contributed by atoms with Gasteiger partial charge in [-0.2, -0.15) is 0 Å². The zero-order valence-electron chi connectivity index (χ0n) is 8.13. The fraction of sp³-hybridized carbons (Fsp3) is 1.00. The van der Waals surface area contributed by atoms with Crippen LogP contribution in [0.2, 0.25) is 0 Å². The summed E-state index contributed by atoms with van der Waals surface area (Å²) in [6.07, 6.45) is 0.835. The van der Waals surface area contributed by atoms with E-state index in [1.54, 1.807) is 0 Å². The van der Waals surface area contributed by atoms with Gasteiger partial charge in [-0.3, -0.25) is 0 Å². The first-order chi connectivity index (χ1) is 5.44. The van der Waals surface area contributed by atoms with Gasteiger partial charge < -0.3 is 15.6 Å². The van der Waals surface area contributed by atoms with E-state index < -0.39 is 0 Å². The summed E-state index contributed by atoms with van der Waals surface area (Å²) in [7, 11) is 0. The smallest absolute Gasteiger partial charge is 0.0809 e. The van der Waals surface area contributed by atoms with Crippen LogP contribution in [0.3, 0.4) is 0 Å². The van der Waals surface area contributed by atoms with Crippen LogP contribution in [0.4, 0.5) is 0 Å². The van der Waals surface area contributed by atoms with E-state index in [1.807, 2.05) is 20.8 Å². The van der Waals surface area contributed by atoms with Gasteiger partial charge in [-0.1, -0.05) is 6.92 Å². The fourth-order valence-electron chi connectivity index (χ4n) is 1.91. The Bertz CT molecular complexity index is 170. The number of ether oxygens (including phenoxy) is 1. The minimum Gasteiger partial charge on any atom is -0.396 e. The molecule has 0 aromatic heterocycles. The van der Waals surface area contributed by atoms with Crippen LogP contribution in [0.15, 0.2) is 0 Å². The highest BCUT2D eigenvalue weighted by molar-refractivity contribution is 5.06. The molecule has 12 heavy (non-hydrogen) atoms. The van der Waals surface area contributed by atoms with Gasteiger partial charge >= 0.3 is 0 Å². The van der Waals surface area contributed by atoms with Crippen molar-refractivity contribution in [2.24, 2.45) is 11.7 Å². The molecule has 2 unspecified atom stereocenters. The molecule has 2 atom stereocenters. The van der Waals surface area contributed by atoms with E-state index in [0.29, 0.717) is 6.61 Å². The van der Waals surface area contributed by atoms with Crippen LogP contribution in [0.1, 0.15) is 27.2 Å². The van der Waals surface area contributed by atoms with Crippen LogP contribution in [-0.2, 0) is 4.74 Å². The Hall–Kier alpha value is -0.120. The van der Waals surface area contributed by atoms with Gasteiger partial charge in [-0.15, -0.1) is 0 Å². The third kappa shape index (κ3) is 1.26. The number of aliphatic hydroxyl groups excluding tert-OH is 1. The lowest BCUT2D eigenvalue weighted by Crippen LogP contribution is -2.59. The molecule has 1 heterocycles. The van der Waals surface area contributed by atoms with Gasteiger partial charge in [0, 0.05) is 19.1 Å². The molecule has 1 rings (SSSR count). The van der Waals surface area contributed by atoms with Crippen molar-refractivity contribution in [1.82, 2.24) is 0 Å². The van der Waals surface area contributed by atoms with E-state index in [1.165, 1.54) is 0 Å². The zero-order valence-corrected chi connectivity index (χ0v) is 8.13. The summed E-state index contributed by atoms with van der Waals surface area (Å²) in [6, 6.07) is 0. The van der Waals surface area contributed by atoms with E-state index in [9.17, 15) is 0 Å². The summed E-state index contributed by atoms with van der Waals surface area (Å²) in [4.78, 5) is 0. The summed E-state index contributed by atoms with van der Waals surface area (Å²) in [6.45, 7) is 6.78. The molecular weight excluding hydrogens is 154 g/mol. The highest BCUT2D eigenvalue weighted by Gasteiger charge is 2.50. The highest BCUT2D eigenvalue weighted by atomic mass is 16.5. The van der Waals surface area contributed by atoms with E-state index in [-0.39, 0.29) is 23.7 Å². The van der Waals surface area contributed by atoms with Crippen molar-refractivity contribution in [2.45, 2.75) is 38.3 Å². The van der Waals surface area contributed by atoms with E-state index in [0.717, 1.165) is 6.42 Å². The number of hydrogen-bond donors (Lipinski definition) is 2. The minimum absolute atomic E-state index is 0.0926. The van der Waals surface area contributed by atoms with Crippen molar-refractivity contribution in [3.63, 3.8) is 0 Å². The third-order valence-corrected chi connectivity index (χ3v) is 3.25. The monoisotopic (exact) mass is 173 g/mol. The summed E-state index contributed by atoms with van der Waals surface area (Å²) in [5.41, 5.74) is 5.52. The Morgan fingerprint density at radius 1 is 1.58 bits per heavy atom. The molecule has 0 radical (unpaired) electrons. The maximum atomic E-state index is 9.06. The van der Waals surface area contributed by atoms with Gasteiger partial charge in [0.15, 0.2) is 0 Å². The first-order valence-corrected chi connectivity index (χ1v) is 4.48. The van der Waals surface area contributed by atoms with Crippen molar-refractivity contribution in [3.05, 3.63) is 0 Å². The third-order valence-electron chi connectivity index (χ3n) is 3.25. The largest absolute Gasteiger partial charge is 0.396 e. The SMILES string of the molecule is CC(CO)C1(N)CCOC1(C)C. The average Bonchev–Trinajstić information content (AvgIpc) is 2.26. The average molecular weight is 173 g/mol. The second-order valence-corrected chi connectivity index (χ2v) is 4.23. The predicted octanol–water partition coefficient (Wildman–Crippen LogP) is 0.511. The Labute approximate surface area is 73.9 Å². The first-order valence-electron chi connectivity index (χ1n) is 4.48. The highest BCUT2D eigenvalue weighted by Crippen LogP contribution is 2.38. The van der Waals surface area contributed by atoms with Crippen molar-refractivity contribution in [1.29, 1.82) is 0 Å². The van der Waals surface area contributed by atoms with E-state index in [2.05, 4.69) is 0 Å². The van der Waals surface area contributed by atoms with Crippen LogP contribution in [0.5, 0.6) is 0 Å². The fourth-order valence-corrected chi connectivity index (χ4v) is 1.91. The molecule has 0 bridgehead atoms. The summed E-state index contributed by atoms with van der Waals surface area (Å²) >= 11 is 0. The number of hydrogen-bond acceptors (Lipinski definition) is 3. The van der Waals surface area contributed by atoms with Gasteiger partial charge in [-0.25, -0.2) is 0 Å². The molecule has 0 aliphatic carbocycles. The Morgan fingerprint density at radius 3 is 2.50 bits per heavy atom. The Kier molecular flexibility index (Phi) is 2.47. The molecule has 1 aliphatic heterocycles. The van der Waals surface area contributed by atoms with Crippen LogP contribution < -0.4 is 5.73 Å². The molecule has 1 aliphatic rings. The van der Waals surface area contributed by atoms with Crippen LogP contribution >= 0.6 is 0 Å². The maximum Gasteiger partial charge on any atom is 0.0809 e. The van der Waals surface area contributed by atoms with Gasteiger partial charge in [0.25, 0.3) is 0 Å². The molecule has 3 heteroatoms. The van der Waals surface area contributed by atoms with Crippen molar-refractivity contribution >= 4 is 0 Å². The molecule has 72 valence electrons. The first kappa shape index (κ1) is 9.96. The van der Waals surface area contributed by atoms with Crippen LogP contribution in [0.25, 0.3) is 0 Å². The molecule has 3 nitrogen and oxygen atoms in total. The van der Waals surface area contributed by atoms with E-state index >= 15 is 0 Å². The number of nitrogens with two attached hydrogens (primary N) is 1. The molecule has 1 saturated heterocycles. The molecule has 1 fully saturated rings. The summed E-state index contributed by atoms with van der Waals surface area (Å²) in [5, 5.41) is 9.06. The molecule has 3 N–H and O–H groups in total. The molecule has 0 amide bonds. The van der Waals surface area contributed by atoms with Crippen molar-refractivity contribution in [3.8, 4) is 0 Å². The standard InChI is InChI=1S/C9H19NO2/c1-7(6-11)9(10)4-5-12-8(9,2)3/h7,11H,4-6,10H2,1-3H3. The van der Waals surface area contributed by atoms with Gasteiger partial charge in [0.05, 0.1) is 11.1 Å². The lowest BCUT2D eigenvalue weighted by molar-refractivity contribution is -0.0234. The minimum atomic E-state index is -0.373. The molecule has 0 spiro atoms. The molecule has 0 aromatic carbocycles. The van der Waals surface area contributed by atoms with Crippen LogP contribution in [-0.4, -0.2) is 29.5 Å². The predicted molar refractivity (Wildman–Crippen MR) is 47.8 cm³/mol. The number of rotatable bonds is 2. The summed E-state index contributed by atoms with van der Waals surface area (Å²) in [5.74, 6) is 0.0926. The van der Waals surface area contributed by atoms with Crippen molar-refractivity contribution < 1.29 is 9.84 Å². The molecular formula is C9H19NO2. The molecule has 0 saturated carbocycles. The Morgan fingerprint density at radius 2 is 2.17 bits per heavy atom. The van der Waals surface area contributed by atoms with Gasteiger partial charge in [0.2, 0.25) is 0 Å². The summed E-state index contributed by atoms with van der Waals surface area (Å²) < 4.78 is 5.54. The normalized spacial score (nSPS) is 36.8. The topological polar surface area (TPSA) is 55.5 Å². The van der Waals surface area contributed by atoms with Crippen molar-refractivity contribution in [2.75, 3.05) is 13.2 Å². The van der Waals surface area contributed by atoms with Gasteiger partial charge in [0.1, 0.15) is 0 Å². The lowest BCUT2D eigenvalue weighted by atomic mass is 9.74. The van der Waals surface area contributed by atoms with E-state index in [4.69, 9.17) is 15.6 Å². The number of aliphatic hydroxyl groups is 1. The second-order valence-electron chi connectivity index (χ2n) is 4.23. The quantitative estimate of drug-likeness (QED) is 0.639. The lowest BCUT2D eigenvalue weighted by Gasteiger charge is -2.40. The van der Waals surface area contributed by atoms with Gasteiger partial charge in [-0.05, 0) is 20.3 Å². The zero-order chi connectivity index (χ0) is 9.41. The molecule has 0 aromatic rings. The maximum absolute atomic E-state index is 9.06. The Balaban J connectivity index is 2.82.